The summed E-state index contributed by atoms with van der Waals surface area (Å²) in [6.45, 7) is 2.60. The van der Waals surface area contributed by atoms with Crippen LogP contribution in [0.15, 0.2) is 36.7 Å². The fourth-order valence-corrected chi connectivity index (χ4v) is 2.59. The fraction of sp³-hybridized carbons (Fsp3) is 0.312. The number of pyridine rings is 1. The number of fused-ring (bicyclic) bond motifs is 1. The van der Waals surface area contributed by atoms with Gasteiger partial charge in [-0.2, -0.15) is 0 Å². The minimum atomic E-state index is 0.115. The number of phenols is 1. The van der Waals surface area contributed by atoms with Crippen molar-refractivity contribution >= 4 is 0 Å². The van der Waals surface area contributed by atoms with Crippen LogP contribution in [-0.2, 0) is 6.54 Å². The number of aliphatic hydroxyl groups is 1. The van der Waals surface area contributed by atoms with Gasteiger partial charge in [-0.25, -0.2) is 0 Å². The molecule has 2 N–H and O–H groups in total. The highest BCUT2D eigenvalue weighted by Gasteiger charge is 2.19. The van der Waals surface area contributed by atoms with E-state index in [1.54, 1.807) is 18.5 Å². The van der Waals surface area contributed by atoms with E-state index in [4.69, 9.17) is 9.84 Å². The van der Waals surface area contributed by atoms with Crippen LogP contribution < -0.4 is 4.74 Å². The van der Waals surface area contributed by atoms with E-state index in [2.05, 4.69) is 9.88 Å². The Bertz CT molecular complexity index is 616. The first-order valence-electron chi connectivity index (χ1n) is 7.00. The van der Waals surface area contributed by atoms with Crippen LogP contribution in [0.3, 0.4) is 0 Å². The number of aliphatic hydroxyl groups excluding tert-OH is 1. The summed E-state index contributed by atoms with van der Waals surface area (Å²) in [7, 11) is 0. The first-order chi connectivity index (χ1) is 10.3. The van der Waals surface area contributed by atoms with E-state index < -0.39 is 0 Å². The first kappa shape index (κ1) is 13.9. The van der Waals surface area contributed by atoms with Gasteiger partial charge in [0.05, 0.1) is 6.61 Å². The van der Waals surface area contributed by atoms with Gasteiger partial charge in [0.25, 0.3) is 0 Å². The van der Waals surface area contributed by atoms with E-state index in [9.17, 15) is 5.11 Å². The zero-order valence-corrected chi connectivity index (χ0v) is 11.7. The van der Waals surface area contributed by atoms with Crippen molar-refractivity contribution in [2.75, 3.05) is 26.3 Å². The van der Waals surface area contributed by atoms with Gasteiger partial charge in [-0.15, -0.1) is 0 Å². The predicted octanol–water partition coefficient (Wildman–Crippen LogP) is 1.64. The maximum atomic E-state index is 10.2. The predicted molar refractivity (Wildman–Crippen MR) is 79.2 cm³/mol. The molecule has 0 radical (unpaired) electrons. The van der Waals surface area contributed by atoms with Gasteiger partial charge in [-0.3, -0.25) is 9.88 Å². The van der Waals surface area contributed by atoms with Crippen molar-refractivity contribution in [3.8, 4) is 22.6 Å². The zero-order chi connectivity index (χ0) is 14.7. The molecule has 1 aromatic heterocycles. The maximum absolute atomic E-state index is 10.2. The van der Waals surface area contributed by atoms with E-state index >= 15 is 0 Å². The average molecular weight is 286 g/mol. The number of benzene rings is 1. The van der Waals surface area contributed by atoms with Crippen LogP contribution in [-0.4, -0.2) is 46.4 Å². The molecular formula is C16H18N2O3. The lowest BCUT2D eigenvalue weighted by Crippen LogP contribution is -2.28. The quantitative estimate of drug-likeness (QED) is 0.898. The molecule has 2 heterocycles. The molecule has 0 saturated carbocycles. The lowest BCUT2D eigenvalue weighted by Gasteiger charge is -2.18. The number of nitrogens with zero attached hydrogens (tertiary/aromatic N) is 2. The van der Waals surface area contributed by atoms with Gasteiger partial charge in [-0.05, 0) is 23.8 Å². The number of hydrogen-bond acceptors (Lipinski definition) is 5. The van der Waals surface area contributed by atoms with Crippen molar-refractivity contribution in [1.29, 1.82) is 0 Å². The largest absolute Gasteiger partial charge is 0.504 e. The molecule has 1 aromatic carbocycles. The zero-order valence-electron chi connectivity index (χ0n) is 11.7. The molecule has 5 heteroatoms. The van der Waals surface area contributed by atoms with E-state index in [1.165, 1.54) is 0 Å². The maximum Gasteiger partial charge on any atom is 0.165 e. The van der Waals surface area contributed by atoms with E-state index in [0.717, 1.165) is 23.2 Å². The summed E-state index contributed by atoms with van der Waals surface area (Å²) in [6, 6.07) is 7.54. The van der Waals surface area contributed by atoms with Gasteiger partial charge in [0.1, 0.15) is 6.61 Å². The molecule has 0 aliphatic carbocycles. The molecule has 1 aliphatic heterocycles. The lowest BCUT2D eigenvalue weighted by atomic mass is 10.0. The lowest BCUT2D eigenvalue weighted by molar-refractivity contribution is 0.176. The van der Waals surface area contributed by atoms with Crippen molar-refractivity contribution in [3.05, 3.63) is 42.2 Å². The molecule has 110 valence electrons. The highest BCUT2D eigenvalue weighted by atomic mass is 16.5. The van der Waals surface area contributed by atoms with Crippen molar-refractivity contribution < 1.29 is 14.9 Å². The number of hydrogen-bond donors (Lipinski definition) is 2. The molecule has 0 unspecified atom stereocenters. The highest BCUT2D eigenvalue weighted by Crippen LogP contribution is 2.37. The molecule has 2 aromatic rings. The smallest absolute Gasteiger partial charge is 0.165 e. The van der Waals surface area contributed by atoms with Crippen molar-refractivity contribution in [2.45, 2.75) is 6.54 Å². The summed E-state index contributed by atoms with van der Waals surface area (Å²) >= 11 is 0. The van der Waals surface area contributed by atoms with Crippen molar-refractivity contribution in [1.82, 2.24) is 9.88 Å². The molecule has 0 spiro atoms. The minimum absolute atomic E-state index is 0.115. The molecule has 0 bridgehead atoms. The Kier molecular flexibility index (Phi) is 4.03. The Morgan fingerprint density at radius 1 is 1.29 bits per heavy atom. The summed E-state index contributed by atoms with van der Waals surface area (Å²) in [6.07, 6.45) is 3.49. The third-order valence-corrected chi connectivity index (χ3v) is 3.61. The Morgan fingerprint density at radius 2 is 2.19 bits per heavy atom. The van der Waals surface area contributed by atoms with Crippen LogP contribution in [0.5, 0.6) is 11.5 Å². The molecular weight excluding hydrogens is 268 g/mol. The second-order valence-corrected chi connectivity index (χ2v) is 5.07. The number of aromatic hydroxyl groups is 1. The van der Waals surface area contributed by atoms with E-state index in [-0.39, 0.29) is 12.4 Å². The Labute approximate surface area is 123 Å². The topological polar surface area (TPSA) is 65.8 Å². The summed E-state index contributed by atoms with van der Waals surface area (Å²) in [5.74, 6) is 0.695. The van der Waals surface area contributed by atoms with Gasteiger partial charge in [0.2, 0.25) is 0 Å². The van der Waals surface area contributed by atoms with Gasteiger partial charge in [0.15, 0.2) is 11.5 Å². The number of aromatic nitrogens is 1. The molecule has 0 atom stereocenters. The molecule has 3 rings (SSSR count). The van der Waals surface area contributed by atoms with Gasteiger partial charge < -0.3 is 14.9 Å². The Balaban J connectivity index is 1.99. The molecule has 0 fully saturated rings. The average Bonchev–Trinajstić information content (AvgIpc) is 2.71. The van der Waals surface area contributed by atoms with Crippen LogP contribution in [0, 0.1) is 0 Å². The molecule has 21 heavy (non-hydrogen) atoms. The number of rotatable bonds is 3. The summed E-state index contributed by atoms with van der Waals surface area (Å²) in [5.41, 5.74) is 2.79. The molecule has 1 aliphatic rings. The summed E-state index contributed by atoms with van der Waals surface area (Å²) in [4.78, 5) is 6.22. The van der Waals surface area contributed by atoms with Gasteiger partial charge >= 0.3 is 0 Å². The fourth-order valence-electron chi connectivity index (χ4n) is 2.59. The second kappa shape index (κ2) is 6.11. The third-order valence-electron chi connectivity index (χ3n) is 3.61. The van der Waals surface area contributed by atoms with Crippen LogP contribution in [0.1, 0.15) is 5.56 Å². The number of ether oxygens (including phenoxy) is 1. The molecule has 0 amide bonds. The van der Waals surface area contributed by atoms with Crippen LogP contribution in [0.4, 0.5) is 0 Å². The normalized spacial score (nSPS) is 15.1. The second-order valence-electron chi connectivity index (χ2n) is 5.07. The third kappa shape index (κ3) is 2.99. The highest BCUT2D eigenvalue weighted by molar-refractivity contribution is 5.68. The van der Waals surface area contributed by atoms with Crippen LogP contribution >= 0.6 is 0 Å². The monoisotopic (exact) mass is 286 g/mol. The number of β-amino-alcohol motifs (C(OH)–C–C–N with tert-alkyl or cyclic N) is 1. The minimum Gasteiger partial charge on any atom is -0.504 e. The van der Waals surface area contributed by atoms with Crippen LogP contribution in [0.2, 0.25) is 0 Å². The van der Waals surface area contributed by atoms with Crippen molar-refractivity contribution in [2.24, 2.45) is 0 Å². The SMILES string of the molecule is OCCN1CCOc2c(O)cc(-c3cccnc3)cc2C1. The first-order valence-corrected chi connectivity index (χ1v) is 7.00. The van der Waals surface area contributed by atoms with Crippen LogP contribution in [0.25, 0.3) is 11.1 Å². The Morgan fingerprint density at radius 3 is 2.95 bits per heavy atom. The molecule has 5 nitrogen and oxygen atoms in total. The van der Waals surface area contributed by atoms with Crippen molar-refractivity contribution in [3.63, 3.8) is 0 Å². The van der Waals surface area contributed by atoms with Gasteiger partial charge in [-0.1, -0.05) is 6.07 Å². The molecule has 0 saturated heterocycles. The Hall–Kier alpha value is -2.11. The van der Waals surface area contributed by atoms with Gasteiger partial charge in [0, 0.05) is 43.2 Å². The van der Waals surface area contributed by atoms with E-state index in [1.807, 2.05) is 18.2 Å². The number of phenolic OH excluding ortho intramolecular Hbond substituents is 1. The standard InChI is InChI=1S/C16H18N2O3/c19-6-4-18-5-7-21-16-14(11-18)8-13(9-15(16)20)12-2-1-3-17-10-12/h1-3,8-10,19-20H,4-7,11H2. The van der Waals surface area contributed by atoms with E-state index in [0.29, 0.717) is 25.4 Å². The summed E-state index contributed by atoms with van der Waals surface area (Å²) < 4.78 is 5.66. The summed E-state index contributed by atoms with van der Waals surface area (Å²) in [5, 5.41) is 19.3.